The minimum atomic E-state index is -4.50. The molecule has 0 aliphatic heterocycles. The number of pyridine rings is 1. The number of rotatable bonds is 3. The lowest BCUT2D eigenvalue weighted by Crippen LogP contribution is -2.41. The third kappa shape index (κ3) is 4.05. The van der Waals surface area contributed by atoms with E-state index in [1.54, 1.807) is 6.20 Å². The van der Waals surface area contributed by atoms with Crippen LogP contribution in [0.2, 0.25) is 0 Å². The van der Waals surface area contributed by atoms with Gasteiger partial charge in [-0.25, -0.2) is 4.68 Å². The third-order valence-corrected chi connectivity index (χ3v) is 5.82. The maximum absolute atomic E-state index is 12.9. The van der Waals surface area contributed by atoms with E-state index in [9.17, 15) is 17.7 Å². The molecule has 1 aliphatic rings. The molecule has 0 radical (unpaired) electrons. The van der Waals surface area contributed by atoms with Gasteiger partial charge in [0.2, 0.25) is 0 Å². The Morgan fingerprint density at radius 1 is 1.31 bits per heavy atom. The van der Waals surface area contributed by atoms with Crippen molar-refractivity contribution in [1.29, 1.82) is 0 Å². The average molecular weight is 386 g/mol. The SMILES string of the molecule is CC(C)(C)[S+]([O-])N[C@H]1CCCc2nn(-c3ccnc(C(F)(F)F)c3)cc21. The summed E-state index contributed by atoms with van der Waals surface area (Å²) in [5, 5.41) is 4.45. The molecule has 0 saturated heterocycles. The number of alkyl halides is 3. The van der Waals surface area contributed by atoms with Crippen LogP contribution in [-0.4, -0.2) is 24.1 Å². The van der Waals surface area contributed by atoms with Crippen LogP contribution in [0, 0.1) is 0 Å². The molecule has 0 saturated carbocycles. The molecule has 0 spiro atoms. The molecule has 0 fully saturated rings. The van der Waals surface area contributed by atoms with Crippen molar-refractivity contribution in [2.45, 2.75) is 57.0 Å². The molecule has 5 nitrogen and oxygen atoms in total. The predicted octanol–water partition coefficient (Wildman–Crippen LogP) is 3.72. The van der Waals surface area contributed by atoms with Crippen molar-refractivity contribution in [2.24, 2.45) is 0 Å². The van der Waals surface area contributed by atoms with E-state index in [-0.39, 0.29) is 6.04 Å². The maximum Gasteiger partial charge on any atom is 0.433 e. The molecule has 0 bridgehead atoms. The number of hydrogen-bond donors (Lipinski definition) is 1. The normalized spacial score (nSPS) is 19.3. The van der Waals surface area contributed by atoms with E-state index >= 15 is 0 Å². The number of nitrogens with zero attached hydrogens (tertiary/aromatic N) is 3. The van der Waals surface area contributed by atoms with Gasteiger partial charge in [0.15, 0.2) is 0 Å². The summed E-state index contributed by atoms with van der Waals surface area (Å²) in [7, 11) is 0. The van der Waals surface area contributed by atoms with Gasteiger partial charge in [0, 0.05) is 29.3 Å². The summed E-state index contributed by atoms with van der Waals surface area (Å²) in [4.78, 5) is 3.38. The first kappa shape index (κ1) is 19.2. The molecule has 2 aromatic rings. The summed E-state index contributed by atoms with van der Waals surface area (Å²) in [6.45, 7) is 5.66. The lowest BCUT2D eigenvalue weighted by molar-refractivity contribution is -0.141. The molecule has 0 amide bonds. The van der Waals surface area contributed by atoms with Gasteiger partial charge < -0.3 is 4.55 Å². The van der Waals surface area contributed by atoms with Crippen LogP contribution in [0.4, 0.5) is 13.2 Å². The van der Waals surface area contributed by atoms with Crippen molar-refractivity contribution in [3.63, 3.8) is 0 Å². The van der Waals surface area contributed by atoms with Gasteiger partial charge in [-0.05, 0) is 52.2 Å². The van der Waals surface area contributed by atoms with Crippen LogP contribution in [0.1, 0.15) is 56.6 Å². The molecule has 2 atom stereocenters. The van der Waals surface area contributed by atoms with E-state index in [1.165, 1.54) is 10.7 Å². The van der Waals surface area contributed by atoms with Crippen molar-refractivity contribution < 1.29 is 17.7 Å². The number of aryl methyl sites for hydroxylation is 1. The Bertz CT molecular complexity index is 785. The standard InChI is InChI=1S/C17H21F3N4OS/c1-16(2,3)26(25)23-14-6-4-5-13-12(14)10-24(22-13)11-7-8-21-15(9-11)17(18,19)20/h7-10,14,23H,4-6H2,1-3H3/t14-,26?/m0/s1. The molecule has 1 aliphatic carbocycles. The number of aromatic nitrogens is 3. The molecule has 2 heterocycles. The first-order valence-electron chi connectivity index (χ1n) is 8.36. The summed E-state index contributed by atoms with van der Waals surface area (Å²) >= 11 is -1.24. The lowest BCUT2D eigenvalue weighted by Gasteiger charge is -2.29. The minimum Gasteiger partial charge on any atom is -0.598 e. The molecular weight excluding hydrogens is 365 g/mol. The number of fused-ring (bicyclic) bond motifs is 1. The Morgan fingerprint density at radius 3 is 2.69 bits per heavy atom. The van der Waals surface area contributed by atoms with Gasteiger partial charge in [-0.3, -0.25) is 4.98 Å². The van der Waals surface area contributed by atoms with Crippen molar-refractivity contribution in [2.75, 3.05) is 0 Å². The number of hydrogen-bond acceptors (Lipinski definition) is 4. The highest BCUT2D eigenvalue weighted by atomic mass is 32.2. The first-order valence-corrected chi connectivity index (χ1v) is 9.51. The Hall–Kier alpha value is -1.58. The van der Waals surface area contributed by atoms with Crippen LogP contribution in [0.15, 0.2) is 24.5 Å². The quantitative estimate of drug-likeness (QED) is 0.817. The Morgan fingerprint density at radius 2 is 2.04 bits per heavy atom. The second-order valence-corrected chi connectivity index (χ2v) is 9.31. The van der Waals surface area contributed by atoms with Gasteiger partial charge in [-0.2, -0.15) is 18.3 Å². The van der Waals surface area contributed by atoms with Crippen LogP contribution in [0.25, 0.3) is 5.69 Å². The fourth-order valence-corrected chi connectivity index (χ4v) is 3.67. The molecule has 0 aromatic carbocycles. The van der Waals surface area contributed by atoms with E-state index < -0.39 is 28.0 Å². The lowest BCUT2D eigenvalue weighted by atomic mass is 9.94. The second-order valence-electron chi connectivity index (χ2n) is 7.32. The van der Waals surface area contributed by atoms with Crippen molar-refractivity contribution in [3.05, 3.63) is 41.5 Å². The summed E-state index contributed by atoms with van der Waals surface area (Å²) in [5.74, 6) is 0. The zero-order valence-electron chi connectivity index (χ0n) is 14.8. The fourth-order valence-electron chi connectivity index (χ4n) is 2.82. The van der Waals surface area contributed by atoms with Gasteiger partial charge in [0.05, 0.1) is 17.4 Å². The van der Waals surface area contributed by atoms with Gasteiger partial charge in [0.25, 0.3) is 0 Å². The molecule has 3 rings (SSSR count). The highest BCUT2D eigenvalue weighted by Crippen LogP contribution is 2.33. The first-order chi connectivity index (χ1) is 12.1. The molecule has 2 aromatic heterocycles. The van der Waals surface area contributed by atoms with Gasteiger partial charge in [-0.1, -0.05) is 0 Å². The summed E-state index contributed by atoms with van der Waals surface area (Å²) in [6, 6.07) is 2.34. The molecule has 26 heavy (non-hydrogen) atoms. The Labute approximate surface area is 153 Å². The maximum atomic E-state index is 12.9. The van der Waals surface area contributed by atoms with Crippen LogP contribution in [-0.2, 0) is 24.0 Å². The van der Waals surface area contributed by atoms with E-state index in [4.69, 9.17) is 0 Å². The van der Waals surface area contributed by atoms with Crippen LogP contribution < -0.4 is 4.72 Å². The van der Waals surface area contributed by atoms with Crippen LogP contribution in [0.5, 0.6) is 0 Å². The van der Waals surface area contributed by atoms with Crippen molar-refractivity contribution in [3.8, 4) is 5.69 Å². The van der Waals surface area contributed by atoms with Gasteiger partial charge >= 0.3 is 6.18 Å². The average Bonchev–Trinajstić information content (AvgIpc) is 2.98. The molecular formula is C17H21F3N4OS. The molecule has 1 unspecified atom stereocenters. The highest BCUT2D eigenvalue weighted by molar-refractivity contribution is 7.90. The van der Waals surface area contributed by atoms with E-state index in [0.29, 0.717) is 5.69 Å². The van der Waals surface area contributed by atoms with Gasteiger partial charge in [-0.15, -0.1) is 4.72 Å². The topological polar surface area (TPSA) is 65.8 Å². The van der Waals surface area contributed by atoms with Crippen LogP contribution in [0.3, 0.4) is 0 Å². The van der Waals surface area contributed by atoms with E-state index in [1.807, 2.05) is 20.8 Å². The largest absolute Gasteiger partial charge is 0.598 e. The predicted molar refractivity (Wildman–Crippen MR) is 93.1 cm³/mol. The Balaban J connectivity index is 1.90. The number of nitrogens with one attached hydrogen (secondary N) is 1. The van der Waals surface area contributed by atoms with Gasteiger partial charge in [0.1, 0.15) is 10.4 Å². The second kappa shape index (κ2) is 6.86. The minimum absolute atomic E-state index is 0.128. The highest BCUT2D eigenvalue weighted by Gasteiger charge is 2.34. The smallest absolute Gasteiger partial charge is 0.433 e. The molecule has 1 N–H and O–H groups in total. The molecule has 142 valence electrons. The van der Waals surface area contributed by atoms with Crippen molar-refractivity contribution >= 4 is 11.4 Å². The summed E-state index contributed by atoms with van der Waals surface area (Å²) in [6.07, 6.45) is 0.791. The van der Waals surface area contributed by atoms with E-state index in [0.717, 1.165) is 42.8 Å². The van der Waals surface area contributed by atoms with E-state index in [2.05, 4.69) is 14.8 Å². The zero-order chi connectivity index (χ0) is 19.1. The molecule has 9 heteroatoms. The third-order valence-electron chi connectivity index (χ3n) is 4.21. The van der Waals surface area contributed by atoms with Crippen LogP contribution >= 0.6 is 0 Å². The monoisotopic (exact) mass is 386 g/mol. The summed E-state index contributed by atoms with van der Waals surface area (Å²) < 4.78 is 55.3. The Kier molecular flexibility index (Phi) is 5.06. The van der Waals surface area contributed by atoms with Crippen molar-refractivity contribution in [1.82, 2.24) is 19.5 Å². The number of halogens is 3. The zero-order valence-corrected chi connectivity index (χ0v) is 15.6. The fraction of sp³-hybridized carbons (Fsp3) is 0.529. The summed E-state index contributed by atoms with van der Waals surface area (Å²) in [5.41, 5.74) is 1.06.